The Kier molecular flexibility index (Phi) is 12.5. The van der Waals surface area contributed by atoms with Gasteiger partial charge in [0, 0.05) is 6.42 Å². The zero-order chi connectivity index (χ0) is 13.6. The highest BCUT2D eigenvalue weighted by Gasteiger charge is 2.04. The number of aliphatic hydroxyl groups is 1. The van der Waals surface area contributed by atoms with Crippen LogP contribution in [0, 0.1) is 0 Å². The number of hydrogen-bond acceptors (Lipinski definition) is 3. The van der Waals surface area contributed by atoms with Crippen molar-refractivity contribution in [2.75, 3.05) is 7.11 Å². The SMILES string of the molecule is CCCCCCC[C@@H](O)CCCCCC(=O)OC. The molecule has 0 heterocycles. The van der Waals surface area contributed by atoms with Gasteiger partial charge >= 0.3 is 5.97 Å². The topological polar surface area (TPSA) is 46.5 Å². The van der Waals surface area contributed by atoms with Crippen LogP contribution >= 0.6 is 0 Å². The molecule has 0 unspecified atom stereocenters. The van der Waals surface area contributed by atoms with Crippen LogP contribution in [0.2, 0.25) is 0 Å². The molecule has 0 saturated carbocycles. The normalized spacial score (nSPS) is 12.4. The van der Waals surface area contributed by atoms with Gasteiger partial charge in [0.15, 0.2) is 0 Å². The molecule has 0 aromatic rings. The van der Waals surface area contributed by atoms with E-state index < -0.39 is 0 Å². The average Bonchev–Trinajstić information content (AvgIpc) is 2.37. The number of aliphatic hydroxyl groups excluding tert-OH is 1. The van der Waals surface area contributed by atoms with Gasteiger partial charge < -0.3 is 9.84 Å². The van der Waals surface area contributed by atoms with Crippen molar-refractivity contribution < 1.29 is 14.6 Å². The molecule has 3 heteroatoms. The Balaban J connectivity index is 3.21. The van der Waals surface area contributed by atoms with Crippen LogP contribution in [-0.2, 0) is 9.53 Å². The number of unbranched alkanes of at least 4 members (excludes halogenated alkanes) is 6. The molecule has 0 rings (SSSR count). The highest BCUT2D eigenvalue weighted by atomic mass is 16.5. The highest BCUT2D eigenvalue weighted by molar-refractivity contribution is 5.68. The molecule has 0 aromatic heterocycles. The third-order valence-electron chi connectivity index (χ3n) is 3.29. The van der Waals surface area contributed by atoms with E-state index in [1.807, 2.05) is 0 Å². The number of hydrogen-bond donors (Lipinski definition) is 1. The number of rotatable bonds is 12. The molecule has 0 aliphatic carbocycles. The zero-order valence-corrected chi connectivity index (χ0v) is 12.1. The summed E-state index contributed by atoms with van der Waals surface area (Å²) < 4.78 is 4.57. The number of carbonyl (C=O) groups excluding carboxylic acids is 1. The molecule has 1 atom stereocenters. The van der Waals surface area contributed by atoms with Crippen LogP contribution < -0.4 is 0 Å². The van der Waals surface area contributed by atoms with Crippen LogP contribution in [-0.4, -0.2) is 24.3 Å². The van der Waals surface area contributed by atoms with E-state index in [1.54, 1.807) is 0 Å². The molecular formula is C15H30O3. The van der Waals surface area contributed by atoms with Gasteiger partial charge in [-0.3, -0.25) is 4.79 Å². The molecule has 0 spiro atoms. The minimum Gasteiger partial charge on any atom is -0.469 e. The minimum atomic E-state index is -0.148. The third-order valence-corrected chi connectivity index (χ3v) is 3.29. The molecule has 3 nitrogen and oxygen atoms in total. The van der Waals surface area contributed by atoms with Crippen molar-refractivity contribution in [1.82, 2.24) is 0 Å². The van der Waals surface area contributed by atoms with Crippen LogP contribution in [0.1, 0.15) is 77.6 Å². The first-order valence-electron chi connectivity index (χ1n) is 7.45. The van der Waals surface area contributed by atoms with Crippen molar-refractivity contribution in [3.05, 3.63) is 0 Å². The molecule has 0 bridgehead atoms. The van der Waals surface area contributed by atoms with E-state index in [4.69, 9.17) is 0 Å². The van der Waals surface area contributed by atoms with Gasteiger partial charge in [0.05, 0.1) is 13.2 Å². The van der Waals surface area contributed by atoms with Gasteiger partial charge in [0.1, 0.15) is 0 Å². The van der Waals surface area contributed by atoms with Gasteiger partial charge in [-0.15, -0.1) is 0 Å². The van der Waals surface area contributed by atoms with E-state index in [2.05, 4.69) is 11.7 Å². The Morgan fingerprint density at radius 3 is 2.11 bits per heavy atom. The lowest BCUT2D eigenvalue weighted by Gasteiger charge is -2.09. The fourth-order valence-corrected chi connectivity index (χ4v) is 2.06. The quantitative estimate of drug-likeness (QED) is 0.427. The van der Waals surface area contributed by atoms with Gasteiger partial charge in [0.2, 0.25) is 0 Å². The van der Waals surface area contributed by atoms with Crippen molar-refractivity contribution in [3.63, 3.8) is 0 Å². The Morgan fingerprint density at radius 2 is 1.56 bits per heavy atom. The number of esters is 1. The molecule has 0 radical (unpaired) electrons. The van der Waals surface area contributed by atoms with Crippen LogP contribution in [0.3, 0.4) is 0 Å². The first kappa shape index (κ1) is 17.4. The van der Waals surface area contributed by atoms with Crippen molar-refractivity contribution in [3.8, 4) is 0 Å². The maximum atomic E-state index is 10.9. The van der Waals surface area contributed by atoms with Gasteiger partial charge in [-0.25, -0.2) is 0 Å². The summed E-state index contributed by atoms with van der Waals surface area (Å²) in [6.07, 6.45) is 11.3. The van der Waals surface area contributed by atoms with Gasteiger partial charge in [0.25, 0.3) is 0 Å². The Bertz CT molecular complexity index is 192. The predicted octanol–water partition coefficient (Wildman–Crippen LogP) is 3.83. The summed E-state index contributed by atoms with van der Waals surface area (Å²) in [5, 5.41) is 9.77. The first-order chi connectivity index (χ1) is 8.70. The van der Waals surface area contributed by atoms with Crippen molar-refractivity contribution >= 4 is 5.97 Å². The van der Waals surface area contributed by atoms with Crippen LogP contribution in [0.25, 0.3) is 0 Å². The van der Waals surface area contributed by atoms with Gasteiger partial charge in [-0.05, 0) is 19.3 Å². The van der Waals surface area contributed by atoms with Gasteiger partial charge in [-0.1, -0.05) is 51.9 Å². The monoisotopic (exact) mass is 258 g/mol. The second-order valence-corrected chi connectivity index (χ2v) is 5.03. The molecule has 0 fully saturated rings. The van der Waals surface area contributed by atoms with E-state index in [0.29, 0.717) is 6.42 Å². The first-order valence-corrected chi connectivity index (χ1v) is 7.45. The molecule has 0 aliphatic heterocycles. The lowest BCUT2D eigenvalue weighted by molar-refractivity contribution is -0.140. The van der Waals surface area contributed by atoms with Crippen molar-refractivity contribution in [2.24, 2.45) is 0 Å². The van der Waals surface area contributed by atoms with Crippen LogP contribution in [0.5, 0.6) is 0 Å². The van der Waals surface area contributed by atoms with Crippen molar-refractivity contribution in [1.29, 1.82) is 0 Å². The summed E-state index contributed by atoms with van der Waals surface area (Å²) in [5.74, 6) is -0.133. The fourth-order valence-electron chi connectivity index (χ4n) is 2.06. The van der Waals surface area contributed by atoms with E-state index in [-0.39, 0.29) is 12.1 Å². The van der Waals surface area contributed by atoms with E-state index >= 15 is 0 Å². The van der Waals surface area contributed by atoms with E-state index in [1.165, 1.54) is 32.8 Å². The molecule has 18 heavy (non-hydrogen) atoms. The zero-order valence-electron chi connectivity index (χ0n) is 12.1. The average molecular weight is 258 g/mol. The number of ether oxygens (including phenoxy) is 1. The number of methoxy groups -OCH3 is 1. The fraction of sp³-hybridized carbons (Fsp3) is 0.933. The molecule has 1 N–H and O–H groups in total. The van der Waals surface area contributed by atoms with Gasteiger partial charge in [-0.2, -0.15) is 0 Å². The Morgan fingerprint density at radius 1 is 1.00 bits per heavy atom. The number of carbonyl (C=O) groups is 1. The molecular weight excluding hydrogens is 228 g/mol. The maximum absolute atomic E-state index is 10.9. The second-order valence-electron chi connectivity index (χ2n) is 5.03. The summed E-state index contributed by atoms with van der Waals surface area (Å²) in [7, 11) is 1.42. The second kappa shape index (κ2) is 12.9. The maximum Gasteiger partial charge on any atom is 0.305 e. The lowest BCUT2D eigenvalue weighted by Crippen LogP contribution is -2.06. The Hall–Kier alpha value is -0.570. The largest absolute Gasteiger partial charge is 0.469 e. The summed E-state index contributed by atoms with van der Waals surface area (Å²) in [4.78, 5) is 10.9. The molecule has 0 saturated heterocycles. The van der Waals surface area contributed by atoms with Crippen LogP contribution in [0.15, 0.2) is 0 Å². The molecule has 0 aromatic carbocycles. The van der Waals surface area contributed by atoms with Crippen molar-refractivity contribution in [2.45, 2.75) is 83.7 Å². The summed E-state index contributed by atoms with van der Waals surface area (Å²) in [5.41, 5.74) is 0. The highest BCUT2D eigenvalue weighted by Crippen LogP contribution is 2.12. The summed E-state index contributed by atoms with van der Waals surface area (Å²) >= 11 is 0. The third kappa shape index (κ3) is 11.9. The van der Waals surface area contributed by atoms with E-state index in [9.17, 15) is 9.90 Å². The summed E-state index contributed by atoms with van der Waals surface area (Å²) in [6, 6.07) is 0. The molecule has 0 aliphatic rings. The predicted molar refractivity (Wildman–Crippen MR) is 74.5 cm³/mol. The lowest BCUT2D eigenvalue weighted by atomic mass is 10.0. The standard InChI is InChI=1S/C15H30O3/c1-3-4-5-6-8-11-14(16)12-9-7-10-13-15(17)18-2/h14,16H,3-13H2,1-2H3/t14-/m1/s1. The van der Waals surface area contributed by atoms with Crippen LogP contribution in [0.4, 0.5) is 0 Å². The van der Waals surface area contributed by atoms with E-state index in [0.717, 1.165) is 38.5 Å². The summed E-state index contributed by atoms with van der Waals surface area (Å²) in [6.45, 7) is 2.21. The minimum absolute atomic E-state index is 0.133. The molecule has 0 amide bonds. The Labute approximate surface area is 112 Å². The molecule has 108 valence electrons. The smallest absolute Gasteiger partial charge is 0.305 e.